The zero-order chi connectivity index (χ0) is 25.3. The van der Waals surface area contributed by atoms with Crippen LogP contribution >= 0.6 is 0 Å². The molecule has 0 spiro atoms. The molecule has 1 saturated carbocycles. The molecule has 1 aliphatic carbocycles. The normalized spacial score (nSPS) is 18.6. The van der Waals surface area contributed by atoms with E-state index in [0.29, 0.717) is 19.1 Å². The van der Waals surface area contributed by atoms with Gasteiger partial charge in [-0.1, -0.05) is 0 Å². The number of amides is 1. The lowest BCUT2D eigenvalue weighted by molar-refractivity contribution is -0.274. The summed E-state index contributed by atoms with van der Waals surface area (Å²) >= 11 is 0. The topological polar surface area (TPSA) is 105 Å². The van der Waals surface area contributed by atoms with Gasteiger partial charge in [0.25, 0.3) is 0 Å². The van der Waals surface area contributed by atoms with Crippen LogP contribution in [0, 0.1) is 0 Å². The van der Waals surface area contributed by atoms with Crippen molar-refractivity contribution >= 4 is 15.7 Å². The van der Waals surface area contributed by atoms with Crippen LogP contribution < -0.4 is 15.0 Å². The van der Waals surface area contributed by atoms with Gasteiger partial charge in [-0.2, -0.15) is 0 Å². The van der Waals surface area contributed by atoms with Gasteiger partial charge >= 0.3 is 6.36 Å². The minimum Gasteiger partial charge on any atom is -0.457 e. The Kier molecular flexibility index (Phi) is 6.98. The summed E-state index contributed by atoms with van der Waals surface area (Å²) in [4.78, 5) is 14.3. The third-order valence-corrected chi connectivity index (χ3v) is 8.96. The van der Waals surface area contributed by atoms with Gasteiger partial charge in [-0.15, -0.1) is 13.2 Å². The van der Waals surface area contributed by atoms with Crippen LogP contribution in [0.3, 0.4) is 0 Å². The summed E-state index contributed by atoms with van der Waals surface area (Å²) in [6, 6.07) is 10.9. The number of piperidine rings is 1. The molecule has 8 nitrogen and oxygen atoms in total. The zero-order valence-electron chi connectivity index (χ0n) is 18.6. The third kappa shape index (κ3) is 5.88. The van der Waals surface area contributed by atoms with E-state index in [-0.39, 0.29) is 35.7 Å². The Morgan fingerprint density at radius 2 is 1.51 bits per heavy atom. The number of nitrogens with one attached hydrogen (secondary N) is 1. The van der Waals surface area contributed by atoms with E-state index in [1.807, 2.05) is 0 Å². The molecular formula is C23H25F3N2O6S. The summed E-state index contributed by atoms with van der Waals surface area (Å²) in [5, 5.41) is 9.03. The van der Waals surface area contributed by atoms with Gasteiger partial charge in [0.1, 0.15) is 17.2 Å². The van der Waals surface area contributed by atoms with E-state index in [2.05, 4.69) is 9.64 Å². The average Bonchev–Trinajstić information content (AvgIpc) is 3.66. The van der Waals surface area contributed by atoms with E-state index >= 15 is 0 Å². The SMILES string of the molecule is O=C(CC1(S(=O)(=O)c2ccc(Oc3ccc(OC(F)(F)F)cc3)cc2)CCN(C2CC2)CC1)NO. The second-order valence-corrected chi connectivity index (χ2v) is 11.1. The maximum atomic E-state index is 13.6. The largest absolute Gasteiger partial charge is 0.573 e. The monoisotopic (exact) mass is 514 g/mol. The number of likely N-dealkylation sites (tertiary alicyclic amines) is 1. The van der Waals surface area contributed by atoms with Crippen molar-refractivity contribution in [2.75, 3.05) is 13.1 Å². The molecule has 1 heterocycles. The smallest absolute Gasteiger partial charge is 0.457 e. The van der Waals surface area contributed by atoms with Crippen LogP contribution in [0.4, 0.5) is 13.2 Å². The number of nitrogens with zero attached hydrogens (tertiary/aromatic N) is 1. The van der Waals surface area contributed by atoms with Crippen molar-refractivity contribution in [2.24, 2.45) is 0 Å². The molecule has 0 atom stereocenters. The minimum absolute atomic E-state index is 0.0180. The van der Waals surface area contributed by atoms with Crippen molar-refractivity contribution in [2.45, 2.75) is 54.2 Å². The molecule has 2 fully saturated rings. The highest BCUT2D eigenvalue weighted by Gasteiger charge is 2.49. The van der Waals surface area contributed by atoms with E-state index < -0.39 is 32.6 Å². The van der Waals surface area contributed by atoms with E-state index in [0.717, 1.165) is 25.0 Å². The molecule has 2 aromatic carbocycles. The summed E-state index contributed by atoms with van der Waals surface area (Å²) in [5.74, 6) is -0.639. The fraction of sp³-hybridized carbons (Fsp3) is 0.435. The lowest BCUT2D eigenvalue weighted by Gasteiger charge is -2.41. The highest BCUT2D eigenvalue weighted by atomic mass is 32.2. The number of carbonyl (C=O) groups excluding carboxylic acids is 1. The molecular weight excluding hydrogens is 489 g/mol. The molecule has 0 aromatic heterocycles. The predicted octanol–water partition coefficient (Wildman–Crippen LogP) is 4.04. The quantitative estimate of drug-likeness (QED) is 0.405. The Bertz CT molecular complexity index is 1140. The van der Waals surface area contributed by atoms with Gasteiger partial charge in [0.2, 0.25) is 5.91 Å². The van der Waals surface area contributed by atoms with E-state index in [1.165, 1.54) is 36.4 Å². The molecule has 2 aromatic rings. The average molecular weight is 515 g/mol. The molecule has 2 N–H and O–H groups in total. The van der Waals surface area contributed by atoms with Gasteiger partial charge in [-0.25, -0.2) is 13.9 Å². The summed E-state index contributed by atoms with van der Waals surface area (Å²) in [5.41, 5.74) is 1.55. The fourth-order valence-electron chi connectivity index (χ4n) is 4.39. The molecule has 1 amide bonds. The summed E-state index contributed by atoms with van der Waals surface area (Å²) in [6.45, 7) is 1.11. The van der Waals surface area contributed by atoms with E-state index in [9.17, 15) is 26.4 Å². The van der Waals surface area contributed by atoms with Crippen molar-refractivity contribution < 1.29 is 41.1 Å². The van der Waals surface area contributed by atoms with Crippen molar-refractivity contribution in [3.63, 3.8) is 0 Å². The first-order valence-electron chi connectivity index (χ1n) is 11.1. The van der Waals surface area contributed by atoms with Crippen molar-refractivity contribution in [1.82, 2.24) is 10.4 Å². The Hall–Kier alpha value is -2.83. The van der Waals surface area contributed by atoms with Crippen LogP contribution in [0.15, 0.2) is 53.4 Å². The predicted molar refractivity (Wildman–Crippen MR) is 118 cm³/mol. The second-order valence-electron chi connectivity index (χ2n) is 8.76. The summed E-state index contributed by atoms with van der Waals surface area (Å²) < 4.78 is 72.2. The van der Waals surface area contributed by atoms with Crippen molar-refractivity contribution in [3.8, 4) is 17.2 Å². The van der Waals surface area contributed by atoms with E-state index in [4.69, 9.17) is 9.94 Å². The third-order valence-electron chi connectivity index (χ3n) is 6.38. The Labute approximate surface area is 200 Å². The maximum absolute atomic E-state index is 13.6. The van der Waals surface area contributed by atoms with Crippen molar-refractivity contribution in [1.29, 1.82) is 0 Å². The number of rotatable bonds is 8. The molecule has 0 unspecified atom stereocenters. The van der Waals surface area contributed by atoms with Crippen LogP contribution in [0.2, 0.25) is 0 Å². The van der Waals surface area contributed by atoms with Gasteiger partial charge in [0.15, 0.2) is 9.84 Å². The first kappa shape index (κ1) is 25.3. The Balaban J connectivity index is 1.49. The number of hydroxylamine groups is 1. The number of halogens is 3. The van der Waals surface area contributed by atoms with Crippen molar-refractivity contribution in [3.05, 3.63) is 48.5 Å². The number of hydrogen-bond donors (Lipinski definition) is 2. The number of hydrogen-bond acceptors (Lipinski definition) is 7. The summed E-state index contributed by atoms with van der Waals surface area (Å²) in [7, 11) is -3.95. The van der Waals surface area contributed by atoms with Gasteiger partial charge in [-0.3, -0.25) is 10.0 Å². The molecule has 0 bridgehead atoms. The highest BCUT2D eigenvalue weighted by molar-refractivity contribution is 7.92. The molecule has 4 rings (SSSR count). The molecule has 190 valence electrons. The minimum atomic E-state index is -4.80. The fourth-order valence-corrected chi connectivity index (χ4v) is 6.43. The molecule has 2 aliphatic rings. The molecule has 1 aliphatic heterocycles. The Morgan fingerprint density at radius 1 is 1.00 bits per heavy atom. The standard InChI is InChI=1S/C23H25F3N2O6S/c24-23(25,26)34-19-5-3-17(4-6-19)33-18-7-9-20(10-8-18)35(31,32)22(15-21(29)27-30)11-13-28(14-12-22)16-1-2-16/h3-10,16,30H,1-2,11-15H2,(H,27,29). The lowest BCUT2D eigenvalue weighted by atomic mass is 9.92. The first-order valence-corrected chi connectivity index (χ1v) is 12.6. The number of sulfone groups is 1. The summed E-state index contributed by atoms with van der Waals surface area (Å²) in [6.07, 6.45) is -2.43. The van der Waals surface area contributed by atoms with E-state index in [1.54, 1.807) is 5.48 Å². The van der Waals surface area contributed by atoms with Gasteiger partial charge in [-0.05, 0) is 87.3 Å². The number of ether oxygens (including phenoxy) is 2. The molecule has 12 heteroatoms. The first-order chi connectivity index (χ1) is 16.5. The number of benzene rings is 2. The van der Waals surface area contributed by atoms with Crippen LogP contribution in [0.5, 0.6) is 17.2 Å². The van der Waals surface area contributed by atoms with Crippen LogP contribution in [0.1, 0.15) is 32.1 Å². The van der Waals surface area contributed by atoms with Gasteiger partial charge in [0.05, 0.1) is 9.64 Å². The highest BCUT2D eigenvalue weighted by Crippen LogP contribution is 2.41. The molecule has 35 heavy (non-hydrogen) atoms. The zero-order valence-corrected chi connectivity index (χ0v) is 19.4. The molecule has 0 radical (unpaired) electrons. The van der Waals surface area contributed by atoms with Gasteiger partial charge < -0.3 is 14.4 Å². The van der Waals surface area contributed by atoms with Crippen LogP contribution in [0.25, 0.3) is 0 Å². The van der Waals surface area contributed by atoms with Crippen LogP contribution in [-0.2, 0) is 14.6 Å². The van der Waals surface area contributed by atoms with Crippen LogP contribution in [-0.4, -0.2) is 54.7 Å². The van der Waals surface area contributed by atoms with Gasteiger partial charge in [0, 0.05) is 12.5 Å². The lowest BCUT2D eigenvalue weighted by Crippen LogP contribution is -2.51. The second kappa shape index (κ2) is 9.67. The number of carbonyl (C=O) groups is 1. The Morgan fingerprint density at radius 3 is 2.00 bits per heavy atom. The molecule has 1 saturated heterocycles. The number of alkyl halides is 3. The maximum Gasteiger partial charge on any atom is 0.573 e.